The van der Waals surface area contributed by atoms with Gasteiger partial charge in [-0.3, -0.25) is 0 Å². The van der Waals surface area contributed by atoms with Crippen LogP contribution in [0.5, 0.6) is 0 Å². The minimum absolute atomic E-state index is 0.0273. The van der Waals surface area contributed by atoms with Gasteiger partial charge in [0.2, 0.25) is 10.0 Å². The average molecular weight is 317 g/mol. The number of hydrogen-bond donors (Lipinski definition) is 2. The van der Waals surface area contributed by atoms with Gasteiger partial charge in [-0.15, -0.1) is 0 Å². The smallest absolute Gasteiger partial charge is 0.335 e. The number of carbonyl (C=O) groups is 1. The van der Waals surface area contributed by atoms with Gasteiger partial charge in [-0.1, -0.05) is 19.9 Å². The molecule has 0 saturated heterocycles. The second kappa shape index (κ2) is 7.10. The number of rotatable bonds is 7. The van der Waals surface area contributed by atoms with Crippen molar-refractivity contribution in [2.45, 2.75) is 30.4 Å². The van der Waals surface area contributed by atoms with Crippen molar-refractivity contribution >= 4 is 27.8 Å². The third-order valence-corrected chi connectivity index (χ3v) is 5.42. The summed E-state index contributed by atoms with van der Waals surface area (Å²) in [4.78, 5) is 11.0. The van der Waals surface area contributed by atoms with Crippen molar-refractivity contribution in [1.29, 1.82) is 0 Å². The minimum Gasteiger partial charge on any atom is -0.478 e. The van der Waals surface area contributed by atoms with Crippen LogP contribution in [0.15, 0.2) is 23.1 Å². The Morgan fingerprint density at radius 1 is 1.45 bits per heavy atom. The van der Waals surface area contributed by atoms with Crippen molar-refractivity contribution in [2.24, 2.45) is 0 Å². The quantitative estimate of drug-likeness (QED) is 0.803. The Labute approximate surface area is 123 Å². The molecule has 1 aromatic rings. The van der Waals surface area contributed by atoms with E-state index >= 15 is 0 Å². The fourth-order valence-corrected chi connectivity index (χ4v) is 3.44. The Morgan fingerprint density at radius 2 is 2.10 bits per heavy atom. The molecular weight excluding hydrogens is 298 g/mol. The summed E-state index contributed by atoms with van der Waals surface area (Å²) >= 11 is 1.56. The van der Waals surface area contributed by atoms with Gasteiger partial charge in [0.25, 0.3) is 0 Å². The SMILES string of the molecule is CCc1ccc(C(=O)O)cc1S(=O)(=O)NCC(C)SC. The molecule has 2 N–H and O–H groups in total. The molecule has 0 aliphatic rings. The lowest BCUT2D eigenvalue weighted by Crippen LogP contribution is -2.30. The highest BCUT2D eigenvalue weighted by Crippen LogP contribution is 2.19. The monoisotopic (exact) mass is 317 g/mol. The van der Waals surface area contributed by atoms with Crippen molar-refractivity contribution in [3.05, 3.63) is 29.3 Å². The predicted octanol–water partition coefficient (Wildman–Crippen LogP) is 1.98. The highest BCUT2D eigenvalue weighted by molar-refractivity contribution is 7.99. The Bertz CT molecular complexity index is 584. The summed E-state index contributed by atoms with van der Waals surface area (Å²) < 4.78 is 27.1. The van der Waals surface area contributed by atoms with Crippen LogP contribution in [-0.4, -0.2) is 37.5 Å². The number of thioether (sulfide) groups is 1. The van der Waals surface area contributed by atoms with Crippen molar-refractivity contribution in [2.75, 3.05) is 12.8 Å². The summed E-state index contributed by atoms with van der Waals surface area (Å²) in [6, 6.07) is 4.19. The van der Waals surface area contributed by atoms with Crippen LogP contribution in [0, 0.1) is 0 Å². The Morgan fingerprint density at radius 3 is 2.60 bits per heavy atom. The zero-order valence-corrected chi connectivity index (χ0v) is 13.3. The van der Waals surface area contributed by atoms with Crippen LogP contribution < -0.4 is 4.72 Å². The van der Waals surface area contributed by atoms with E-state index in [0.717, 1.165) is 0 Å². The molecule has 0 heterocycles. The molecule has 1 unspecified atom stereocenters. The van der Waals surface area contributed by atoms with E-state index in [0.29, 0.717) is 18.5 Å². The lowest BCUT2D eigenvalue weighted by molar-refractivity contribution is 0.0696. The highest BCUT2D eigenvalue weighted by atomic mass is 32.2. The molecule has 0 amide bonds. The van der Waals surface area contributed by atoms with Gasteiger partial charge in [0, 0.05) is 11.8 Å². The normalized spacial score (nSPS) is 13.2. The standard InChI is InChI=1S/C13H19NO4S2/c1-4-10-5-6-11(13(15)16)7-12(10)20(17,18)14-8-9(2)19-3/h5-7,9,14H,4,8H2,1-3H3,(H,15,16). The number of aryl methyl sites for hydroxylation is 1. The van der Waals surface area contributed by atoms with Gasteiger partial charge in [-0.2, -0.15) is 11.8 Å². The molecule has 0 aromatic heterocycles. The fraction of sp³-hybridized carbons (Fsp3) is 0.462. The van der Waals surface area contributed by atoms with Gasteiger partial charge in [-0.25, -0.2) is 17.9 Å². The number of aromatic carboxylic acids is 1. The average Bonchev–Trinajstić information content (AvgIpc) is 2.43. The topological polar surface area (TPSA) is 83.5 Å². The maximum atomic E-state index is 12.3. The third-order valence-electron chi connectivity index (χ3n) is 2.95. The molecule has 0 saturated carbocycles. The van der Waals surface area contributed by atoms with E-state index in [9.17, 15) is 13.2 Å². The first-order valence-corrected chi connectivity index (χ1v) is 8.97. The summed E-state index contributed by atoms with van der Waals surface area (Å²) in [5.41, 5.74) is 0.583. The van der Waals surface area contributed by atoms with E-state index in [1.807, 2.05) is 20.1 Å². The number of nitrogens with one attached hydrogen (secondary N) is 1. The Hall–Kier alpha value is -1.05. The van der Waals surface area contributed by atoms with Gasteiger partial charge in [-0.05, 0) is 30.4 Å². The molecule has 5 nitrogen and oxygen atoms in total. The first-order chi connectivity index (χ1) is 9.31. The van der Waals surface area contributed by atoms with Crippen molar-refractivity contribution in [3.8, 4) is 0 Å². The van der Waals surface area contributed by atoms with E-state index in [4.69, 9.17) is 5.11 Å². The fourth-order valence-electron chi connectivity index (χ4n) is 1.62. The zero-order chi connectivity index (χ0) is 15.3. The van der Waals surface area contributed by atoms with Crippen molar-refractivity contribution in [3.63, 3.8) is 0 Å². The van der Waals surface area contributed by atoms with Crippen LogP contribution in [0.25, 0.3) is 0 Å². The largest absolute Gasteiger partial charge is 0.478 e. The van der Waals surface area contributed by atoms with Gasteiger partial charge in [0.05, 0.1) is 10.5 Å². The zero-order valence-electron chi connectivity index (χ0n) is 11.7. The molecule has 0 spiro atoms. The maximum absolute atomic E-state index is 12.3. The number of carboxylic acid groups (broad SMARTS) is 1. The Kier molecular flexibility index (Phi) is 6.04. The van der Waals surface area contributed by atoms with E-state index in [-0.39, 0.29) is 15.7 Å². The minimum atomic E-state index is -3.69. The summed E-state index contributed by atoms with van der Waals surface area (Å²) in [6.07, 6.45) is 2.43. The van der Waals surface area contributed by atoms with E-state index in [1.54, 1.807) is 17.8 Å². The number of hydrogen-bond acceptors (Lipinski definition) is 4. The van der Waals surface area contributed by atoms with Gasteiger partial charge < -0.3 is 5.11 Å². The molecule has 112 valence electrons. The van der Waals surface area contributed by atoms with Crippen LogP contribution in [0.3, 0.4) is 0 Å². The molecule has 1 rings (SSSR count). The summed E-state index contributed by atoms with van der Waals surface area (Å²) in [6.45, 7) is 4.06. The molecule has 0 fully saturated rings. The molecule has 0 aliphatic carbocycles. The first-order valence-electron chi connectivity index (χ1n) is 6.20. The van der Waals surface area contributed by atoms with Crippen LogP contribution in [0.4, 0.5) is 0 Å². The van der Waals surface area contributed by atoms with Crippen LogP contribution >= 0.6 is 11.8 Å². The maximum Gasteiger partial charge on any atom is 0.335 e. The van der Waals surface area contributed by atoms with Crippen LogP contribution in [0.1, 0.15) is 29.8 Å². The van der Waals surface area contributed by atoms with Crippen LogP contribution in [0.2, 0.25) is 0 Å². The van der Waals surface area contributed by atoms with E-state index in [1.165, 1.54) is 12.1 Å². The molecule has 1 atom stereocenters. The van der Waals surface area contributed by atoms with Gasteiger partial charge >= 0.3 is 5.97 Å². The first kappa shape index (κ1) is 17.0. The highest BCUT2D eigenvalue weighted by Gasteiger charge is 2.20. The lowest BCUT2D eigenvalue weighted by Gasteiger charge is -2.13. The molecule has 0 bridgehead atoms. The summed E-state index contributed by atoms with van der Waals surface area (Å²) in [5, 5.41) is 9.13. The van der Waals surface area contributed by atoms with Crippen molar-refractivity contribution in [1.82, 2.24) is 4.72 Å². The van der Waals surface area contributed by atoms with Crippen LogP contribution in [-0.2, 0) is 16.4 Å². The van der Waals surface area contributed by atoms with Gasteiger partial charge in [0.1, 0.15) is 0 Å². The molecule has 1 aromatic carbocycles. The second-order valence-corrected chi connectivity index (χ2v) is 7.39. The van der Waals surface area contributed by atoms with Gasteiger partial charge in [0.15, 0.2) is 0 Å². The van der Waals surface area contributed by atoms with Crippen molar-refractivity contribution < 1.29 is 18.3 Å². The molecule has 0 aliphatic heterocycles. The molecular formula is C13H19NO4S2. The molecule has 7 heteroatoms. The molecule has 20 heavy (non-hydrogen) atoms. The molecule has 0 radical (unpaired) electrons. The predicted molar refractivity (Wildman–Crippen MR) is 80.9 cm³/mol. The lowest BCUT2D eigenvalue weighted by atomic mass is 10.1. The Balaban J connectivity index is 3.14. The van der Waals surface area contributed by atoms with E-state index in [2.05, 4.69) is 4.72 Å². The second-order valence-electron chi connectivity index (χ2n) is 4.38. The number of carboxylic acids is 1. The summed E-state index contributed by atoms with van der Waals surface area (Å²) in [7, 11) is -3.69. The van der Waals surface area contributed by atoms with E-state index < -0.39 is 16.0 Å². The third kappa shape index (κ3) is 4.22. The number of sulfonamides is 1. The number of benzene rings is 1. The summed E-state index contributed by atoms with van der Waals surface area (Å²) in [5.74, 6) is -1.14.